The first-order valence-corrected chi connectivity index (χ1v) is 6.38. The van der Waals surface area contributed by atoms with Crippen LogP contribution in [0.25, 0.3) is 11.1 Å². The molecular weight excluding hydrogens is 238 g/mol. The minimum atomic E-state index is 0.667. The van der Waals surface area contributed by atoms with Gasteiger partial charge in [0.15, 0.2) is 0 Å². The van der Waals surface area contributed by atoms with Gasteiger partial charge >= 0.3 is 0 Å². The summed E-state index contributed by atoms with van der Waals surface area (Å²) >= 11 is 0. The molecule has 3 nitrogen and oxygen atoms in total. The minimum Gasteiger partial charge on any atom is -0.492 e. The normalized spacial score (nSPS) is 10.2. The van der Waals surface area contributed by atoms with Gasteiger partial charge in [0.2, 0.25) is 0 Å². The van der Waals surface area contributed by atoms with Gasteiger partial charge in [-0.15, -0.1) is 0 Å². The molecule has 1 heterocycles. The fourth-order valence-corrected chi connectivity index (χ4v) is 1.89. The third-order valence-corrected chi connectivity index (χ3v) is 2.89. The van der Waals surface area contributed by atoms with E-state index < -0.39 is 0 Å². The molecule has 0 bridgehead atoms. The predicted molar refractivity (Wildman–Crippen MR) is 75.6 cm³/mol. The van der Waals surface area contributed by atoms with Crippen LogP contribution in [0.15, 0.2) is 36.7 Å². The van der Waals surface area contributed by atoms with Crippen LogP contribution in [0.4, 0.5) is 0 Å². The molecule has 0 aliphatic rings. The Balaban J connectivity index is 2.38. The van der Waals surface area contributed by atoms with Crippen LogP contribution in [0, 0.1) is 6.92 Å². The molecule has 0 fully saturated rings. The average molecular weight is 255 g/mol. The van der Waals surface area contributed by atoms with Crippen molar-refractivity contribution in [3.63, 3.8) is 0 Å². The third kappa shape index (κ3) is 3.19. The highest BCUT2D eigenvalue weighted by atomic mass is 16.5. The Morgan fingerprint density at radius 3 is 2.84 bits per heavy atom. The molecule has 3 heteroatoms. The van der Waals surface area contributed by atoms with Gasteiger partial charge in [0.25, 0.3) is 0 Å². The number of rotatable bonds is 5. The lowest BCUT2D eigenvalue weighted by atomic mass is 10.00. The van der Waals surface area contributed by atoms with Crippen molar-refractivity contribution in [2.24, 2.45) is 0 Å². The van der Waals surface area contributed by atoms with Gasteiger partial charge in [0, 0.05) is 17.3 Å². The van der Waals surface area contributed by atoms with Gasteiger partial charge in [0.1, 0.15) is 12.0 Å². The quantitative estimate of drug-likeness (QED) is 0.765. The number of carbonyl (C=O) groups excluding carboxylic acids is 1. The van der Waals surface area contributed by atoms with Gasteiger partial charge in [-0.05, 0) is 36.6 Å². The largest absolute Gasteiger partial charge is 0.492 e. The molecule has 2 rings (SSSR count). The molecule has 0 aliphatic carbocycles. The summed E-state index contributed by atoms with van der Waals surface area (Å²) in [4.78, 5) is 15.1. The molecule has 0 spiro atoms. The van der Waals surface area contributed by atoms with Gasteiger partial charge in [-0.25, -0.2) is 0 Å². The number of hydrogen-bond acceptors (Lipinski definition) is 3. The zero-order valence-corrected chi connectivity index (χ0v) is 11.2. The first-order chi connectivity index (χ1) is 9.24. The second kappa shape index (κ2) is 6.14. The lowest BCUT2D eigenvalue weighted by Gasteiger charge is -2.09. The maximum Gasteiger partial charge on any atom is 0.150 e. The van der Waals surface area contributed by atoms with Crippen molar-refractivity contribution in [2.45, 2.75) is 20.3 Å². The zero-order valence-electron chi connectivity index (χ0n) is 11.2. The number of ether oxygens (including phenoxy) is 1. The van der Waals surface area contributed by atoms with Crippen molar-refractivity contribution < 1.29 is 9.53 Å². The van der Waals surface area contributed by atoms with Crippen LogP contribution in [-0.2, 0) is 0 Å². The van der Waals surface area contributed by atoms with E-state index >= 15 is 0 Å². The number of nitrogens with zero attached hydrogens (tertiary/aromatic N) is 1. The van der Waals surface area contributed by atoms with Crippen LogP contribution in [0.5, 0.6) is 5.75 Å². The summed E-state index contributed by atoms with van der Waals surface area (Å²) in [5.41, 5.74) is 3.76. The summed E-state index contributed by atoms with van der Waals surface area (Å²) < 4.78 is 5.58. The topological polar surface area (TPSA) is 39.2 Å². The Labute approximate surface area is 113 Å². The molecule has 0 saturated carbocycles. The molecule has 0 N–H and O–H groups in total. The van der Waals surface area contributed by atoms with Gasteiger partial charge in [-0.2, -0.15) is 0 Å². The van der Waals surface area contributed by atoms with Crippen molar-refractivity contribution in [2.75, 3.05) is 6.61 Å². The lowest BCUT2D eigenvalue weighted by molar-refractivity contribution is 0.112. The lowest BCUT2D eigenvalue weighted by Crippen LogP contribution is -1.96. The number of aromatic nitrogens is 1. The van der Waals surface area contributed by atoms with E-state index in [0.29, 0.717) is 12.2 Å². The van der Waals surface area contributed by atoms with Gasteiger partial charge < -0.3 is 4.74 Å². The monoisotopic (exact) mass is 255 g/mol. The fraction of sp³-hybridized carbons (Fsp3) is 0.250. The standard InChI is InChI=1S/C16H17NO2/c1-3-6-19-15-8-14(9-17-10-15)16-7-13(11-18)5-4-12(16)2/h4-5,7-11H,3,6H2,1-2H3. The first kappa shape index (κ1) is 13.3. The highest BCUT2D eigenvalue weighted by Gasteiger charge is 2.05. The molecule has 98 valence electrons. The highest BCUT2D eigenvalue weighted by Crippen LogP contribution is 2.26. The van der Waals surface area contributed by atoms with E-state index in [4.69, 9.17) is 4.74 Å². The Hall–Kier alpha value is -2.16. The predicted octanol–water partition coefficient (Wildman–Crippen LogP) is 3.66. The Kier molecular flexibility index (Phi) is 4.29. The van der Waals surface area contributed by atoms with Crippen LogP contribution < -0.4 is 4.74 Å². The Bertz CT molecular complexity index is 579. The highest BCUT2D eigenvalue weighted by molar-refractivity contribution is 5.80. The van der Waals surface area contributed by atoms with Crippen molar-refractivity contribution >= 4 is 6.29 Å². The van der Waals surface area contributed by atoms with Crippen LogP contribution in [0.1, 0.15) is 29.3 Å². The summed E-state index contributed by atoms with van der Waals surface area (Å²) in [5, 5.41) is 0. The third-order valence-electron chi connectivity index (χ3n) is 2.89. The number of hydrogen-bond donors (Lipinski definition) is 0. The number of benzene rings is 1. The Morgan fingerprint density at radius 1 is 1.26 bits per heavy atom. The van der Waals surface area contributed by atoms with Crippen LogP contribution in [0.3, 0.4) is 0 Å². The zero-order chi connectivity index (χ0) is 13.7. The molecule has 1 aromatic heterocycles. The molecule has 1 aromatic carbocycles. The SMILES string of the molecule is CCCOc1cncc(-c2cc(C=O)ccc2C)c1. The number of aryl methyl sites for hydroxylation is 1. The minimum absolute atomic E-state index is 0.667. The maximum absolute atomic E-state index is 10.9. The molecule has 0 unspecified atom stereocenters. The van der Waals surface area contributed by atoms with Crippen LogP contribution in [0.2, 0.25) is 0 Å². The summed E-state index contributed by atoms with van der Waals surface area (Å²) in [6.07, 6.45) is 5.31. The molecule has 0 aliphatic heterocycles. The number of pyridine rings is 1. The van der Waals surface area contributed by atoms with E-state index in [9.17, 15) is 4.79 Å². The summed E-state index contributed by atoms with van der Waals surface area (Å²) in [5.74, 6) is 0.759. The van der Waals surface area contributed by atoms with Crippen molar-refractivity contribution in [3.05, 3.63) is 47.8 Å². The van der Waals surface area contributed by atoms with E-state index in [-0.39, 0.29) is 0 Å². The molecular formula is C16H17NO2. The molecule has 2 aromatic rings. The second-order valence-electron chi connectivity index (χ2n) is 4.45. The van der Waals surface area contributed by atoms with Gasteiger partial charge in [-0.1, -0.05) is 19.1 Å². The maximum atomic E-state index is 10.9. The van der Waals surface area contributed by atoms with E-state index in [2.05, 4.69) is 11.9 Å². The number of aldehydes is 1. The molecule has 0 radical (unpaired) electrons. The fourth-order valence-electron chi connectivity index (χ4n) is 1.89. The smallest absolute Gasteiger partial charge is 0.150 e. The van der Waals surface area contributed by atoms with Crippen LogP contribution >= 0.6 is 0 Å². The van der Waals surface area contributed by atoms with E-state index in [0.717, 1.165) is 35.1 Å². The van der Waals surface area contributed by atoms with E-state index in [1.807, 2.05) is 31.2 Å². The molecule has 0 amide bonds. The molecule has 0 atom stereocenters. The summed E-state index contributed by atoms with van der Waals surface area (Å²) in [6.45, 7) is 4.76. The van der Waals surface area contributed by atoms with E-state index in [1.54, 1.807) is 12.4 Å². The van der Waals surface area contributed by atoms with Crippen molar-refractivity contribution in [1.82, 2.24) is 4.98 Å². The first-order valence-electron chi connectivity index (χ1n) is 6.38. The van der Waals surface area contributed by atoms with Gasteiger partial charge in [0.05, 0.1) is 12.8 Å². The number of carbonyl (C=O) groups is 1. The van der Waals surface area contributed by atoms with Crippen molar-refractivity contribution in [1.29, 1.82) is 0 Å². The van der Waals surface area contributed by atoms with Gasteiger partial charge in [-0.3, -0.25) is 9.78 Å². The molecule has 0 saturated heterocycles. The van der Waals surface area contributed by atoms with E-state index in [1.165, 1.54) is 0 Å². The van der Waals surface area contributed by atoms with Crippen LogP contribution in [-0.4, -0.2) is 17.9 Å². The second-order valence-corrected chi connectivity index (χ2v) is 4.45. The van der Waals surface area contributed by atoms with Crippen molar-refractivity contribution in [3.8, 4) is 16.9 Å². The molecule has 19 heavy (non-hydrogen) atoms. The summed E-state index contributed by atoms with van der Waals surface area (Å²) in [7, 11) is 0. The summed E-state index contributed by atoms with van der Waals surface area (Å²) in [6, 6.07) is 7.60. The Morgan fingerprint density at radius 2 is 2.11 bits per heavy atom. The average Bonchev–Trinajstić information content (AvgIpc) is 2.46.